The van der Waals surface area contributed by atoms with Gasteiger partial charge in [-0.3, -0.25) is 0 Å². The van der Waals surface area contributed by atoms with Gasteiger partial charge in [0.15, 0.2) is 0 Å². The van der Waals surface area contributed by atoms with Crippen molar-refractivity contribution in [3.8, 4) is 11.6 Å². The summed E-state index contributed by atoms with van der Waals surface area (Å²) >= 11 is 0. The molecule has 15 heavy (non-hydrogen) atoms. The average molecular weight is 207 g/mol. The molecular weight excluding hydrogens is 197 g/mol. The van der Waals surface area contributed by atoms with Gasteiger partial charge in [0, 0.05) is 17.5 Å². The van der Waals surface area contributed by atoms with Crippen LogP contribution in [0.4, 0.5) is 4.39 Å². The second kappa shape index (κ2) is 4.13. The van der Waals surface area contributed by atoms with E-state index in [1.807, 2.05) is 18.2 Å². The fourth-order valence-electron chi connectivity index (χ4n) is 1.34. The van der Waals surface area contributed by atoms with Crippen LogP contribution in [0.1, 0.15) is 0 Å². The molecule has 1 heterocycles. The molecule has 0 unspecified atom stereocenters. The maximum Gasteiger partial charge on any atom is 0.230 e. The van der Waals surface area contributed by atoms with Crippen molar-refractivity contribution < 1.29 is 13.9 Å². The molecule has 0 aliphatic carbocycles. The van der Waals surface area contributed by atoms with Crippen LogP contribution in [0.25, 0.3) is 10.9 Å². The quantitative estimate of drug-likeness (QED) is 0.775. The number of alkyl halides is 1. The summed E-state index contributed by atoms with van der Waals surface area (Å²) in [5.74, 6) is 0.991. The summed E-state index contributed by atoms with van der Waals surface area (Å²) < 4.78 is 21.7. The summed E-state index contributed by atoms with van der Waals surface area (Å²) in [4.78, 5) is 4.13. The number of pyridine rings is 1. The summed E-state index contributed by atoms with van der Waals surface area (Å²) in [7, 11) is 1.59. The molecule has 0 aliphatic heterocycles. The molecule has 0 fully saturated rings. The number of aromatic nitrogens is 1. The number of hydrogen-bond donors (Lipinski definition) is 0. The zero-order valence-corrected chi connectivity index (χ0v) is 8.24. The second-order valence-corrected chi connectivity index (χ2v) is 2.96. The molecule has 0 saturated heterocycles. The molecule has 4 heteroatoms. The van der Waals surface area contributed by atoms with Crippen LogP contribution < -0.4 is 9.47 Å². The molecule has 0 bridgehead atoms. The first-order chi connectivity index (χ1) is 7.33. The molecule has 0 N–H and O–H groups in total. The van der Waals surface area contributed by atoms with Gasteiger partial charge in [-0.1, -0.05) is 0 Å². The molecule has 1 aromatic carbocycles. The van der Waals surface area contributed by atoms with Crippen molar-refractivity contribution in [3.63, 3.8) is 0 Å². The van der Waals surface area contributed by atoms with E-state index in [-0.39, 0.29) is 5.88 Å². The Balaban J connectivity index is 2.48. The summed E-state index contributed by atoms with van der Waals surface area (Å²) in [6.45, 7) is -0.873. The lowest BCUT2D eigenvalue weighted by Gasteiger charge is -2.04. The van der Waals surface area contributed by atoms with Crippen LogP contribution in [0, 0.1) is 0 Å². The number of halogens is 1. The Morgan fingerprint density at radius 1 is 1.27 bits per heavy atom. The first-order valence-electron chi connectivity index (χ1n) is 4.47. The van der Waals surface area contributed by atoms with Crippen LogP contribution in [-0.2, 0) is 0 Å². The van der Waals surface area contributed by atoms with E-state index >= 15 is 0 Å². The van der Waals surface area contributed by atoms with Gasteiger partial charge in [0.05, 0.1) is 12.6 Å². The predicted octanol–water partition coefficient (Wildman–Crippen LogP) is 2.55. The van der Waals surface area contributed by atoms with Crippen molar-refractivity contribution in [3.05, 3.63) is 30.3 Å². The molecule has 0 atom stereocenters. The molecule has 0 amide bonds. The summed E-state index contributed by atoms with van der Waals surface area (Å²) in [6.07, 6.45) is 0. The van der Waals surface area contributed by atoms with E-state index in [1.165, 1.54) is 0 Å². The van der Waals surface area contributed by atoms with E-state index in [9.17, 15) is 4.39 Å². The van der Waals surface area contributed by atoms with Gasteiger partial charge in [0.1, 0.15) is 5.75 Å². The number of nitrogens with zero attached hydrogens (tertiary/aromatic N) is 1. The van der Waals surface area contributed by atoms with Gasteiger partial charge >= 0.3 is 0 Å². The highest BCUT2D eigenvalue weighted by molar-refractivity contribution is 5.80. The van der Waals surface area contributed by atoms with Gasteiger partial charge in [-0.2, -0.15) is 0 Å². The third-order valence-corrected chi connectivity index (χ3v) is 2.08. The Bertz CT molecular complexity index is 473. The molecule has 0 aliphatic rings. The van der Waals surface area contributed by atoms with Gasteiger partial charge in [-0.25, -0.2) is 9.37 Å². The normalized spacial score (nSPS) is 10.3. The first-order valence-corrected chi connectivity index (χ1v) is 4.47. The molecule has 0 saturated carbocycles. The third-order valence-electron chi connectivity index (χ3n) is 2.08. The molecular formula is C11H10FNO2. The maximum atomic E-state index is 11.9. The van der Waals surface area contributed by atoms with Crippen molar-refractivity contribution >= 4 is 10.9 Å². The van der Waals surface area contributed by atoms with E-state index in [4.69, 9.17) is 4.74 Å². The predicted molar refractivity (Wildman–Crippen MR) is 54.9 cm³/mol. The minimum Gasteiger partial charge on any atom is -0.497 e. The summed E-state index contributed by atoms with van der Waals surface area (Å²) in [5.41, 5.74) is 0.723. The maximum absolute atomic E-state index is 11.9. The van der Waals surface area contributed by atoms with Crippen molar-refractivity contribution in [2.24, 2.45) is 0 Å². The van der Waals surface area contributed by atoms with Gasteiger partial charge in [-0.15, -0.1) is 0 Å². The van der Waals surface area contributed by atoms with E-state index in [1.54, 1.807) is 19.2 Å². The Hall–Kier alpha value is -1.84. The number of fused-ring (bicyclic) bond motifs is 1. The topological polar surface area (TPSA) is 31.4 Å². The molecule has 3 nitrogen and oxygen atoms in total. The third kappa shape index (κ3) is 1.98. The van der Waals surface area contributed by atoms with Crippen molar-refractivity contribution in [2.75, 3.05) is 14.0 Å². The monoisotopic (exact) mass is 207 g/mol. The second-order valence-electron chi connectivity index (χ2n) is 2.96. The highest BCUT2D eigenvalue weighted by Crippen LogP contribution is 2.21. The summed E-state index contributed by atoms with van der Waals surface area (Å²) in [5, 5.41) is 0.960. The Morgan fingerprint density at radius 3 is 2.80 bits per heavy atom. The molecule has 78 valence electrons. The van der Waals surface area contributed by atoms with Crippen LogP contribution in [0.15, 0.2) is 30.3 Å². The minimum absolute atomic E-state index is 0.276. The Morgan fingerprint density at radius 2 is 2.07 bits per heavy atom. The molecule has 2 rings (SSSR count). The molecule has 1 aromatic heterocycles. The Kier molecular flexibility index (Phi) is 2.67. The lowest BCUT2D eigenvalue weighted by atomic mass is 10.2. The fourth-order valence-corrected chi connectivity index (χ4v) is 1.34. The largest absolute Gasteiger partial charge is 0.497 e. The molecule has 0 spiro atoms. The van der Waals surface area contributed by atoms with Gasteiger partial charge in [0.2, 0.25) is 12.7 Å². The highest BCUT2D eigenvalue weighted by atomic mass is 19.1. The van der Waals surface area contributed by atoms with E-state index < -0.39 is 6.86 Å². The lowest BCUT2D eigenvalue weighted by Crippen LogP contribution is -1.93. The van der Waals surface area contributed by atoms with Crippen molar-refractivity contribution in [2.45, 2.75) is 0 Å². The van der Waals surface area contributed by atoms with Crippen molar-refractivity contribution in [1.29, 1.82) is 0 Å². The average Bonchev–Trinajstić information content (AvgIpc) is 2.28. The standard InChI is InChI=1S/C11H10FNO2/c1-14-9-4-2-8-3-5-11(15-7-12)13-10(8)6-9/h2-6H,7H2,1H3. The lowest BCUT2D eigenvalue weighted by molar-refractivity contribution is 0.185. The zero-order chi connectivity index (χ0) is 10.7. The number of rotatable bonds is 3. The van der Waals surface area contributed by atoms with Crippen molar-refractivity contribution in [1.82, 2.24) is 4.98 Å². The molecule has 0 radical (unpaired) electrons. The van der Waals surface area contributed by atoms with Crippen LogP contribution in [0.5, 0.6) is 11.6 Å². The first kappa shape index (κ1) is 9.71. The van der Waals surface area contributed by atoms with Crippen LogP contribution in [-0.4, -0.2) is 19.0 Å². The number of methoxy groups -OCH3 is 1. The minimum atomic E-state index is -0.873. The van der Waals surface area contributed by atoms with Gasteiger partial charge in [0.25, 0.3) is 0 Å². The number of ether oxygens (including phenoxy) is 2. The van der Waals surface area contributed by atoms with Gasteiger partial charge < -0.3 is 9.47 Å². The fraction of sp³-hybridized carbons (Fsp3) is 0.182. The Labute approximate surface area is 86.5 Å². The van der Waals surface area contributed by atoms with E-state index in [0.29, 0.717) is 5.75 Å². The SMILES string of the molecule is COc1ccc2ccc(OCF)nc2c1. The number of benzene rings is 1. The van der Waals surface area contributed by atoms with Crippen LogP contribution in [0.3, 0.4) is 0 Å². The summed E-state index contributed by atoms with van der Waals surface area (Å²) in [6, 6.07) is 8.97. The smallest absolute Gasteiger partial charge is 0.230 e. The van der Waals surface area contributed by atoms with E-state index in [0.717, 1.165) is 10.9 Å². The number of hydrogen-bond acceptors (Lipinski definition) is 3. The van der Waals surface area contributed by atoms with E-state index in [2.05, 4.69) is 9.72 Å². The van der Waals surface area contributed by atoms with Crippen LogP contribution in [0.2, 0.25) is 0 Å². The van der Waals surface area contributed by atoms with Crippen LogP contribution >= 0.6 is 0 Å². The molecule has 2 aromatic rings. The zero-order valence-electron chi connectivity index (χ0n) is 8.24. The van der Waals surface area contributed by atoms with Gasteiger partial charge in [-0.05, 0) is 18.2 Å². The highest BCUT2D eigenvalue weighted by Gasteiger charge is 2.00.